The molecule has 7 heteroatoms. The van der Waals surface area contributed by atoms with Crippen molar-refractivity contribution in [2.75, 3.05) is 20.3 Å². The van der Waals surface area contributed by atoms with E-state index in [4.69, 9.17) is 16.3 Å². The largest absolute Gasteiger partial charge is 0.478 e. The number of hydrogen-bond donors (Lipinski definition) is 2. The molecule has 2 aromatic rings. The van der Waals surface area contributed by atoms with Gasteiger partial charge < -0.3 is 19.9 Å². The van der Waals surface area contributed by atoms with Crippen molar-refractivity contribution in [2.24, 2.45) is 0 Å². The molecule has 148 valence electrons. The van der Waals surface area contributed by atoms with Crippen LogP contribution in [0, 0.1) is 0 Å². The molecule has 1 saturated carbocycles. The Balaban J connectivity index is 1.89. The summed E-state index contributed by atoms with van der Waals surface area (Å²) in [6, 6.07) is 12.6. The number of nitrogens with one attached hydrogen (secondary N) is 1. The number of amides is 1. The fourth-order valence-electron chi connectivity index (χ4n) is 3.06. The normalized spacial score (nSPS) is 14.4. The van der Waals surface area contributed by atoms with Crippen molar-refractivity contribution in [3.8, 4) is 0 Å². The van der Waals surface area contributed by atoms with Crippen LogP contribution in [0.5, 0.6) is 0 Å². The Morgan fingerprint density at radius 3 is 2.64 bits per heavy atom. The van der Waals surface area contributed by atoms with Gasteiger partial charge in [-0.05, 0) is 59.7 Å². The molecule has 0 heterocycles. The van der Waals surface area contributed by atoms with Gasteiger partial charge in [-0.15, -0.1) is 0 Å². The lowest BCUT2D eigenvalue weighted by atomic mass is 9.95. The molecule has 1 atom stereocenters. The number of hydrogen-bond acceptors (Lipinski definition) is 4. The number of carbonyl (C=O) groups is 2. The molecular formula is C21H22ClNO5. The minimum Gasteiger partial charge on any atom is -0.478 e. The first-order chi connectivity index (χ1) is 13.5. The number of alkyl carbamates (subject to hydrolysis) is 1. The highest BCUT2D eigenvalue weighted by Gasteiger charge is 2.27. The molecule has 2 N–H and O–H groups in total. The molecule has 0 aliphatic heterocycles. The third-order valence-corrected chi connectivity index (χ3v) is 4.80. The van der Waals surface area contributed by atoms with Crippen molar-refractivity contribution >= 4 is 23.7 Å². The van der Waals surface area contributed by atoms with Crippen LogP contribution in [0.2, 0.25) is 5.02 Å². The van der Waals surface area contributed by atoms with Gasteiger partial charge in [-0.1, -0.05) is 29.8 Å². The first-order valence-corrected chi connectivity index (χ1v) is 9.43. The van der Waals surface area contributed by atoms with Crippen LogP contribution >= 0.6 is 11.6 Å². The lowest BCUT2D eigenvalue weighted by Crippen LogP contribution is -2.27. The van der Waals surface area contributed by atoms with Crippen molar-refractivity contribution in [3.05, 3.63) is 69.7 Å². The Bertz CT molecular complexity index is 866. The van der Waals surface area contributed by atoms with Gasteiger partial charge in [-0.25, -0.2) is 9.59 Å². The van der Waals surface area contributed by atoms with Gasteiger partial charge in [0.25, 0.3) is 0 Å². The zero-order valence-electron chi connectivity index (χ0n) is 15.5. The Morgan fingerprint density at radius 2 is 2.00 bits per heavy atom. The zero-order chi connectivity index (χ0) is 20.1. The van der Waals surface area contributed by atoms with Gasteiger partial charge in [-0.3, -0.25) is 0 Å². The van der Waals surface area contributed by atoms with Crippen molar-refractivity contribution in [1.82, 2.24) is 5.32 Å². The number of rotatable bonds is 8. The molecule has 1 aliphatic carbocycles. The molecule has 1 unspecified atom stereocenters. The fraction of sp³-hybridized carbons (Fsp3) is 0.333. The molecule has 1 fully saturated rings. The summed E-state index contributed by atoms with van der Waals surface area (Å²) in [5.74, 6) is -0.569. The molecule has 0 aromatic heterocycles. The summed E-state index contributed by atoms with van der Waals surface area (Å²) in [5, 5.41) is 12.6. The number of halogens is 1. The second-order valence-corrected chi connectivity index (χ2v) is 7.13. The summed E-state index contributed by atoms with van der Waals surface area (Å²) in [7, 11) is 1.29. The Labute approximate surface area is 168 Å². The summed E-state index contributed by atoms with van der Waals surface area (Å²) >= 11 is 6.15. The second-order valence-electron chi connectivity index (χ2n) is 6.69. The van der Waals surface area contributed by atoms with E-state index in [1.54, 1.807) is 24.3 Å². The minimum absolute atomic E-state index is 0.225. The summed E-state index contributed by atoms with van der Waals surface area (Å²) in [6.07, 6.45) is 1.09. The van der Waals surface area contributed by atoms with Crippen molar-refractivity contribution < 1.29 is 24.2 Å². The Morgan fingerprint density at radius 1 is 1.21 bits per heavy atom. The highest BCUT2D eigenvalue weighted by Crippen LogP contribution is 2.42. The maximum Gasteiger partial charge on any atom is 0.406 e. The molecule has 0 bridgehead atoms. The van der Waals surface area contributed by atoms with E-state index in [1.807, 2.05) is 18.2 Å². The maximum absolute atomic E-state index is 11.6. The monoisotopic (exact) mass is 403 g/mol. The predicted octanol–water partition coefficient (Wildman–Crippen LogP) is 4.38. The van der Waals surface area contributed by atoms with Gasteiger partial charge in [0, 0.05) is 11.6 Å². The first kappa shape index (κ1) is 20.2. The average molecular weight is 404 g/mol. The molecule has 0 radical (unpaired) electrons. The molecule has 1 amide bonds. The Kier molecular flexibility index (Phi) is 6.54. The predicted molar refractivity (Wildman–Crippen MR) is 105 cm³/mol. The van der Waals surface area contributed by atoms with E-state index in [0.717, 1.165) is 29.5 Å². The summed E-state index contributed by atoms with van der Waals surface area (Å²) in [6.45, 7) is 0.486. The molecule has 0 spiro atoms. The van der Waals surface area contributed by atoms with E-state index < -0.39 is 18.2 Å². The summed E-state index contributed by atoms with van der Waals surface area (Å²) < 4.78 is 10.6. The number of carboxylic acid groups (broad SMARTS) is 1. The van der Waals surface area contributed by atoms with Crippen molar-refractivity contribution in [3.63, 3.8) is 0 Å². The lowest BCUT2D eigenvalue weighted by molar-refractivity contribution is 0.0693. The highest BCUT2D eigenvalue weighted by atomic mass is 35.5. The van der Waals surface area contributed by atoms with Crippen LogP contribution in [0.1, 0.15) is 51.9 Å². The van der Waals surface area contributed by atoms with Crippen LogP contribution in [-0.4, -0.2) is 37.4 Å². The quantitative estimate of drug-likeness (QED) is 0.639. The number of carbonyl (C=O) groups excluding carboxylic acids is 1. The maximum atomic E-state index is 11.6. The lowest BCUT2D eigenvalue weighted by Gasteiger charge is -2.21. The van der Waals surface area contributed by atoms with E-state index in [-0.39, 0.29) is 18.7 Å². The van der Waals surface area contributed by atoms with E-state index in [1.165, 1.54) is 7.11 Å². The average Bonchev–Trinajstić information content (AvgIpc) is 3.52. The fourth-order valence-corrected chi connectivity index (χ4v) is 3.26. The second kappa shape index (κ2) is 9.08. The third kappa shape index (κ3) is 5.24. The van der Waals surface area contributed by atoms with Crippen LogP contribution in [0.15, 0.2) is 42.5 Å². The van der Waals surface area contributed by atoms with Gasteiger partial charge in [0.15, 0.2) is 0 Å². The topological polar surface area (TPSA) is 84.9 Å². The summed E-state index contributed by atoms with van der Waals surface area (Å²) in [5.41, 5.74) is 2.82. The van der Waals surface area contributed by atoms with Gasteiger partial charge in [0.1, 0.15) is 6.10 Å². The van der Waals surface area contributed by atoms with Gasteiger partial charge >= 0.3 is 12.1 Å². The molecule has 2 aromatic carbocycles. The standard InChI is InChI=1S/C21H22ClNO5/c1-27-21(26)23-7-8-28-19(14-3-2-4-18(22)12-14)16-9-15(13-5-6-13)10-17(11-16)20(24)25/h2-4,9-13,19H,5-8H2,1H3,(H,23,26)(H,24,25). The van der Waals surface area contributed by atoms with Crippen molar-refractivity contribution in [2.45, 2.75) is 24.9 Å². The highest BCUT2D eigenvalue weighted by molar-refractivity contribution is 6.30. The van der Waals surface area contributed by atoms with Gasteiger partial charge in [0.2, 0.25) is 0 Å². The zero-order valence-corrected chi connectivity index (χ0v) is 16.2. The third-order valence-electron chi connectivity index (χ3n) is 4.57. The SMILES string of the molecule is COC(=O)NCCOC(c1cccc(Cl)c1)c1cc(C(=O)O)cc(C2CC2)c1. The molecule has 3 rings (SSSR count). The van der Waals surface area contributed by atoms with Crippen LogP contribution in [-0.2, 0) is 9.47 Å². The molecule has 6 nitrogen and oxygen atoms in total. The number of benzene rings is 2. The first-order valence-electron chi connectivity index (χ1n) is 9.05. The smallest absolute Gasteiger partial charge is 0.406 e. The molecule has 28 heavy (non-hydrogen) atoms. The van der Waals surface area contributed by atoms with Gasteiger partial charge in [0.05, 0.1) is 19.3 Å². The van der Waals surface area contributed by atoms with Crippen molar-refractivity contribution in [1.29, 1.82) is 0 Å². The van der Waals surface area contributed by atoms with Gasteiger partial charge in [-0.2, -0.15) is 0 Å². The Hall–Kier alpha value is -2.57. The summed E-state index contributed by atoms with van der Waals surface area (Å²) in [4.78, 5) is 22.8. The van der Waals surface area contributed by atoms with Crippen LogP contribution in [0.4, 0.5) is 4.79 Å². The minimum atomic E-state index is -0.971. The van der Waals surface area contributed by atoms with Crippen LogP contribution < -0.4 is 5.32 Å². The number of ether oxygens (including phenoxy) is 2. The molecule has 1 aliphatic rings. The number of aromatic carboxylic acids is 1. The van der Waals surface area contributed by atoms with Crippen LogP contribution in [0.25, 0.3) is 0 Å². The number of carboxylic acids is 1. The van der Waals surface area contributed by atoms with E-state index >= 15 is 0 Å². The van der Waals surface area contributed by atoms with E-state index in [9.17, 15) is 14.7 Å². The molecular weight excluding hydrogens is 382 g/mol. The van der Waals surface area contributed by atoms with E-state index in [0.29, 0.717) is 10.9 Å². The number of methoxy groups -OCH3 is 1. The van der Waals surface area contributed by atoms with Crippen LogP contribution in [0.3, 0.4) is 0 Å². The van der Waals surface area contributed by atoms with E-state index in [2.05, 4.69) is 10.1 Å². The molecule has 0 saturated heterocycles.